The summed E-state index contributed by atoms with van der Waals surface area (Å²) in [6.07, 6.45) is 2.01. The topological polar surface area (TPSA) is 37.8 Å². The molecule has 0 aliphatic heterocycles. The number of nitrogens with one attached hydrogen (secondary N) is 1. The minimum Gasteiger partial charge on any atom is -0.337 e. The van der Waals surface area contributed by atoms with Crippen LogP contribution in [0, 0.1) is 5.82 Å². The number of hydrogen-bond donors (Lipinski definition) is 1. The molecule has 0 unspecified atom stereocenters. The molecule has 1 heterocycles. The van der Waals surface area contributed by atoms with Crippen molar-refractivity contribution in [2.75, 3.05) is 5.32 Å². The maximum atomic E-state index is 13.6. The molecule has 0 atom stereocenters. The predicted molar refractivity (Wildman–Crippen MR) is 73.8 cm³/mol. The first-order valence-corrected chi connectivity index (χ1v) is 6.50. The van der Waals surface area contributed by atoms with Crippen molar-refractivity contribution in [3.05, 3.63) is 45.5 Å². The molecule has 94 valence electrons. The van der Waals surface area contributed by atoms with Gasteiger partial charge in [0, 0.05) is 10.0 Å². The standard InChI is InChI=1S/C12H10BrClFN3/c1-2-8-11(14)16-6-17-12(8)18-10-5-7(13)3-4-9(10)15/h3-6H,2H2,1H3,(H,16,17,18). The monoisotopic (exact) mass is 329 g/mol. The normalized spacial score (nSPS) is 10.4. The molecule has 2 rings (SSSR count). The van der Waals surface area contributed by atoms with E-state index in [1.807, 2.05) is 6.92 Å². The third-order valence-electron chi connectivity index (χ3n) is 2.43. The average Bonchev–Trinajstić information content (AvgIpc) is 2.34. The highest BCUT2D eigenvalue weighted by atomic mass is 79.9. The second-order valence-electron chi connectivity index (χ2n) is 3.59. The van der Waals surface area contributed by atoms with E-state index in [9.17, 15) is 4.39 Å². The van der Waals surface area contributed by atoms with E-state index in [0.29, 0.717) is 23.1 Å². The van der Waals surface area contributed by atoms with Crippen molar-refractivity contribution in [3.8, 4) is 0 Å². The molecule has 0 amide bonds. The molecule has 1 aromatic carbocycles. The molecule has 18 heavy (non-hydrogen) atoms. The Kier molecular flexibility index (Phi) is 4.14. The minimum atomic E-state index is -0.352. The summed E-state index contributed by atoms with van der Waals surface area (Å²) < 4.78 is 14.4. The van der Waals surface area contributed by atoms with Crippen LogP contribution in [0.25, 0.3) is 0 Å². The highest BCUT2D eigenvalue weighted by Crippen LogP contribution is 2.27. The number of benzene rings is 1. The zero-order valence-electron chi connectivity index (χ0n) is 9.54. The fourth-order valence-electron chi connectivity index (χ4n) is 1.53. The van der Waals surface area contributed by atoms with Crippen LogP contribution in [-0.4, -0.2) is 9.97 Å². The van der Waals surface area contributed by atoms with Crippen LogP contribution in [0.15, 0.2) is 29.0 Å². The van der Waals surface area contributed by atoms with Crippen molar-refractivity contribution in [1.82, 2.24) is 9.97 Å². The van der Waals surface area contributed by atoms with E-state index in [0.717, 1.165) is 10.0 Å². The number of nitrogens with zero attached hydrogens (tertiary/aromatic N) is 2. The highest BCUT2D eigenvalue weighted by Gasteiger charge is 2.10. The summed E-state index contributed by atoms with van der Waals surface area (Å²) >= 11 is 9.27. The SMILES string of the molecule is CCc1c(Cl)ncnc1Nc1cc(Br)ccc1F. The predicted octanol–water partition coefficient (Wildman–Crippen LogP) is 4.34. The lowest BCUT2D eigenvalue weighted by atomic mass is 10.2. The largest absolute Gasteiger partial charge is 0.337 e. The Balaban J connectivity index is 2.40. The van der Waals surface area contributed by atoms with E-state index in [1.54, 1.807) is 12.1 Å². The number of anilines is 2. The zero-order valence-corrected chi connectivity index (χ0v) is 11.9. The van der Waals surface area contributed by atoms with E-state index < -0.39 is 0 Å². The van der Waals surface area contributed by atoms with Crippen LogP contribution < -0.4 is 5.32 Å². The molecule has 1 N–H and O–H groups in total. The third-order valence-corrected chi connectivity index (χ3v) is 3.25. The Morgan fingerprint density at radius 3 is 2.89 bits per heavy atom. The summed E-state index contributed by atoms with van der Waals surface area (Å²) in [6.45, 7) is 1.94. The van der Waals surface area contributed by atoms with Gasteiger partial charge >= 0.3 is 0 Å². The van der Waals surface area contributed by atoms with Crippen LogP contribution in [0.1, 0.15) is 12.5 Å². The Labute approximate surface area is 118 Å². The average molecular weight is 331 g/mol. The van der Waals surface area contributed by atoms with Gasteiger partial charge in [-0.15, -0.1) is 0 Å². The maximum Gasteiger partial charge on any atom is 0.146 e. The van der Waals surface area contributed by atoms with E-state index >= 15 is 0 Å². The quantitative estimate of drug-likeness (QED) is 0.851. The Hall–Kier alpha value is -1.20. The molecule has 0 bridgehead atoms. The van der Waals surface area contributed by atoms with E-state index in [4.69, 9.17) is 11.6 Å². The summed E-state index contributed by atoms with van der Waals surface area (Å²) in [6, 6.07) is 4.65. The van der Waals surface area contributed by atoms with E-state index in [-0.39, 0.29) is 5.82 Å². The molecule has 0 spiro atoms. The number of aromatic nitrogens is 2. The molecule has 0 radical (unpaired) electrons. The molecule has 0 aliphatic carbocycles. The fraction of sp³-hybridized carbons (Fsp3) is 0.167. The fourth-order valence-corrected chi connectivity index (χ4v) is 2.16. The molecular weight excluding hydrogens is 321 g/mol. The van der Waals surface area contributed by atoms with Gasteiger partial charge in [-0.1, -0.05) is 34.5 Å². The van der Waals surface area contributed by atoms with Gasteiger partial charge in [-0.2, -0.15) is 0 Å². The van der Waals surface area contributed by atoms with Crippen molar-refractivity contribution in [3.63, 3.8) is 0 Å². The lowest BCUT2D eigenvalue weighted by molar-refractivity contribution is 0.631. The van der Waals surface area contributed by atoms with Gasteiger partial charge < -0.3 is 5.32 Å². The highest BCUT2D eigenvalue weighted by molar-refractivity contribution is 9.10. The molecule has 1 aromatic heterocycles. The van der Waals surface area contributed by atoms with Gasteiger partial charge in [-0.25, -0.2) is 14.4 Å². The summed E-state index contributed by atoms with van der Waals surface area (Å²) in [4.78, 5) is 7.99. The molecule has 0 saturated carbocycles. The van der Waals surface area contributed by atoms with Gasteiger partial charge in [0.1, 0.15) is 23.1 Å². The summed E-state index contributed by atoms with van der Waals surface area (Å²) in [5, 5.41) is 3.31. The Bertz CT molecular complexity index is 577. The Morgan fingerprint density at radius 2 is 2.17 bits per heavy atom. The third kappa shape index (κ3) is 2.79. The molecule has 6 heteroatoms. The Morgan fingerprint density at radius 1 is 1.39 bits per heavy atom. The first kappa shape index (κ1) is 13.2. The van der Waals surface area contributed by atoms with Gasteiger partial charge in [0.25, 0.3) is 0 Å². The second-order valence-corrected chi connectivity index (χ2v) is 4.87. The van der Waals surface area contributed by atoms with Crippen molar-refractivity contribution in [1.29, 1.82) is 0 Å². The number of halogens is 3. The first-order chi connectivity index (χ1) is 8.61. The molecule has 0 aliphatic rings. The van der Waals surface area contributed by atoms with Crippen molar-refractivity contribution in [2.45, 2.75) is 13.3 Å². The van der Waals surface area contributed by atoms with E-state index in [2.05, 4.69) is 31.2 Å². The van der Waals surface area contributed by atoms with Gasteiger partial charge in [0.15, 0.2) is 0 Å². The van der Waals surface area contributed by atoms with Crippen molar-refractivity contribution >= 4 is 39.0 Å². The van der Waals surface area contributed by atoms with Gasteiger partial charge in [0.2, 0.25) is 0 Å². The van der Waals surface area contributed by atoms with Crippen LogP contribution in [-0.2, 0) is 6.42 Å². The van der Waals surface area contributed by atoms with Gasteiger partial charge in [-0.05, 0) is 24.6 Å². The number of rotatable bonds is 3. The minimum absolute atomic E-state index is 0.342. The zero-order chi connectivity index (χ0) is 13.1. The smallest absolute Gasteiger partial charge is 0.146 e. The van der Waals surface area contributed by atoms with Crippen LogP contribution in [0.4, 0.5) is 15.9 Å². The van der Waals surface area contributed by atoms with Crippen LogP contribution in [0.5, 0.6) is 0 Å². The first-order valence-electron chi connectivity index (χ1n) is 5.33. The molecule has 0 fully saturated rings. The number of hydrogen-bond acceptors (Lipinski definition) is 3. The van der Waals surface area contributed by atoms with Crippen molar-refractivity contribution < 1.29 is 4.39 Å². The van der Waals surface area contributed by atoms with Crippen LogP contribution >= 0.6 is 27.5 Å². The second kappa shape index (κ2) is 5.63. The summed E-state index contributed by atoms with van der Waals surface area (Å²) in [5.74, 6) is 0.171. The molecule has 3 nitrogen and oxygen atoms in total. The summed E-state index contributed by atoms with van der Waals surface area (Å²) in [7, 11) is 0. The molecule has 2 aromatic rings. The maximum absolute atomic E-state index is 13.6. The van der Waals surface area contributed by atoms with Crippen LogP contribution in [0.2, 0.25) is 5.15 Å². The lowest BCUT2D eigenvalue weighted by Gasteiger charge is -2.11. The van der Waals surface area contributed by atoms with Crippen LogP contribution in [0.3, 0.4) is 0 Å². The lowest BCUT2D eigenvalue weighted by Crippen LogP contribution is -2.02. The van der Waals surface area contributed by atoms with Crippen molar-refractivity contribution in [2.24, 2.45) is 0 Å². The molecule has 0 saturated heterocycles. The van der Waals surface area contributed by atoms with Gasteiger partial charge in [0.05, 0.1) is 5.69 Å². The molecular formula is C12H10BrClFN3. The summed E-state index contributed by atoms with van der Waals surface area (Å²) in [5.41, 5.74) is 1.10. The van der Waals surface area contributed by atoms with Gasteiger partial charge in [-0.3, -0.25) is 0 Å². The van der Waals surface area contributed by atoms with E-state index in [1.165, 1.54) is 12.4 Å².